The molecule has 94 valence electrons. The van der Waals surface area contributed by atoms with Crippen molar-refractivity contribution in [3.63, 3.8) is 0 Å². The molecule has 0 radical (unpaired) electrons. The first-order chi connectivity index (χ1) is 8.66. The molecular weight excluding hydrogens is 228 g/mol. The Hall–Kier alpha value is -2.23. The van der Waals surface area contributed by atoms with Gasteiger partial charge in [-0.3, -0.25) is 14.9 Å². The van der Waals surface area contributed by atoms with Crippen molar-refractivity contribution in [2.45, 2.75) is 13.8 Å². The van der Waals surface area contributed by atoms with Crippen molar-refractivity contribution < 1.29 is 9.53 Å². The van der Waals surface area contributed by atoms with E-state index in [-0.39, 0.29) is 12.5 Å². The van der Waals surface area contributed by atoms with Crippen molar-refractivity contribution in [3.05, 3.63) is 53.9 Å². The van der Waals surface area contributed by atoms with Crippen LogP contribution in [0.1, 0.15) is 11.4 Å². The third kappa shape index (κ3) is 2.91. The number of para-hydroxylation sites is 1. The number of aryl methyl sites for hydroxylation is 2. The van der Waals surface area contributed by atoms with E-state index in [1.807, 2.05) is 56.3 Å². The average molecular weight is 244 g/mol. The normalized spacial score (nSPS) is 10.1. The van der Waals surface area contributed by atoms with Gasteiger partial charge in [0.2, 0.25) is 0 Å². The second kappa shape index (κ2) is 5.40. The van der Waals surface area contributed by atoms with Crippen LogP contribution in [0.25, 0.3) is 0 Å². The smallest absolute Gasteiger partial charge is 0.276 e. The molecule has 0 bridgehead atoms. The van der Waals surface area contributed by atoms with E-state index in [9.17, 15) is 4.79 Å². The Bertz CT molecular complexity index is 512. The van der Waals surface area contributed by atoms with Crippen LogP contribution in [0.4, 0.5) is 0 Å². The lowest BCUT2D eigenvalue weighted by atomic mass is 10.3. The Kier molecular flexibility index (Phi) is 3.67. The van der Waals surface area contributed by atoms with E-state index in [0.29, 0.717) is 5.75 Å². The van der Waals surface area contributed by atoms with E-state index >= 15 is 0 Å². The molecule has 2 aromatic rings. The fraction of sp³-hybridized carbons (Fsp3) is 0.214. The largest absolute Gasteiger partial charge is 0.484 e. The molecule has 1 amide bonds. The van der Waals surface area contributed by atoms with Crippen LogP contribution in [0.5, 0.6) is 5.75 Å². The van der Waals surface area contributed by atoms with Gasteiger partial charge in [0.25, 0.3) is 5.91 Å². The molecule has 0 aliphatic heterocycles. The second-order valence-corrected chi connectivity index (χ2v) is 4.09. The molecule has 4 heteroatoms. The monoisotopic (exact) mass is 244 g/mol. The fourth-order valence-corrected chi connectivity index (χ4v) is 1.67. The van der Waals surface area contributed by atoms with Gasteiger partial charge in [-0.25, -0.2) is 0 Å². The van der Waals surface area contributed by atoms with Crippen LogP contribution in [0.2, 0.25) is 0 Å². The summed E-state index contributed by atoms with van der Waals surface area (Å²) in [6, 6.07) is 13.2. The molecule has 1 aromatic heterocycles. The molecule has 0 fully saturated rings. The van der Waals surface area contributed by atoms with Gasteiger partial charge in [0.1, 0.15) is 5.75 Å². The number of aromatic nitrogens is 1. The third-order valence-corrected chi connectivity index (χ3v) is 2.62. The average Bonchev–Trinajstić information content (AvgIpc) is 2.69. The van der Waals surface area contributed by atoms with Crippen LogP contribution in [0.15, 0.2) is 42.5 Å². The van der Waals surface area contributed by atoms with Crippen LogP contribution in [-0.2, 0) is 4.79 Å². The first-order valence-corrected chi connectivity index (χ1v) is 5.79. The van der Waals surface area contributed by atoms with E-state index < -0.39 is 0 Å². The minimum Gasteiger partial charge on any atom is -0.484 e. The molecule has 0 unspecified atom stereocenters. The van der Waals surface area contributed by atoms with Crippen molar-refractivity contribution in [2.75, 3.05) is 12.0 Å². The van der Waals surface area contributed by atoms with E-state index in [2.05, 4.69) is 5.43 Å². The first kappa shape index (κ1) is 12.2. The maximum atomic E-state index is 11.7. The zero-order valence-electron chi connectivity index (χ0n) is 10.5. The summed E-state index contributed by atoms with van der Waals surface area (Å²) in [5.41, 5.74) is 4.75. The number of nitrogens with one attached hydrogen (secondary N) is 1. The number of ether oxygens (including phenoxy) is 1. The second-order valence-electron chi connectivity index (χ2n) is 4.09. The summed E-state index contributed by atoms with van der Waals surface area (Å²) in [4.78, 5) is 11.7. The molecule has 18 heavy (non-hydrogen) atoms. The summed E-state index contributed by atoms with van der Waals surface area (Å²) < 4.78 is 7.12. The lowest BCUT2D eigenvalue weighted by Gasteiger charge is -2.11. The minimum atomic E-state index is -0.179. The fourth-order valence-electron chi connectivity index (χ4n) is 1.67. The Morgan fingerprint density at radius 2 is 1.72 bits per heavy atom. The highest BCUT2D eigenvalue weighted by Gasteiger charge is 2.06. The first-order valence-electron chi connectivity index (χ1n) is 5.79. The standard InChI is InChI=1S/C14H16N2O2/c1-11-8-9-12(2)16(11)15-14(17)10-18-13-6-4-3-5-7-13/h3-9H,10H2,1-2H3,(H,15,17). The van der Waals surface area contributed by atoms with Gasteiger partial charge < -0.3 is 4.74 Å². The van der Waals surface area contributed by atoms with Gasteiger partial charge in [0, 0.05) is 11.4 Å². The quantitative estimate of drug-likeness (QED) is 0.896. The maximum Gasteiger partial charge on any atom is 0.276 e. The molecular formula is C14H16N2O2. The number of carbonyl (C=O) groups is 1. The zero-order chi connectivity index (χ0) is 13.0. The number of amides is 1. The molecule has 1 aromatic carbocycles. The molecule has 2 rings (SSSR count). The van der Waals surface area contributed by atoms with Crippen molar-refractivity contribution in [1.29, 1.82) is 0 Å². The van der Waals surface area contributed by atoms with Crippen molar-refractivity contribution in [2.24, 2.45) is 0 Å². The Labute approximate surface area is 106 Å². The summed E-state index contributed by atoms with van der Waals surface area (Å²) in [6.07, 6.45) is 0. The van der Waals surface area contributed by atoms with Gasteiger partial charge in [-0.05, 0) is 38.1 Å². The van der Waals surface area contributed by atoms with Gasteiger partial charge in [-0.1, -0.05) is 18.2 Å². The minimum absolute atomic E-state index is 0.00106. The maximum absolute atomic E-state index is 11.7. The van der Waals surface area contributed by atoms with Crippen molar-refractivity contribution >= 4 is 5.91 Å². The van der Waals surface area contributed by atoms with Gasteiger partial charge >= 0.3 is 0 Å². The van der Waals surface area contributed by atoms with E-state index in [1.54, 1.807) is 4.68 Å². The van der Waals surface area contributed by atoms with Crippen LogP contribution in [0.3, 0.4) is 0 Å². The number of benzene rings is 1. The Morgan fingerprint density at radius 3 is 2.33 bits per heavy atom. The number of carbonyl (C=O) groups excluding carboxylic acids is 1. The van der Waals surface area contributed by atoms with Crippen LogP contribution < -0.4 is 10.2 Å². The van der Waals surface area contributed by atoms with Crippen molar-refractivity contribution in [3.8, 4) is 5.75 Å². The Morgan fingerprint density at radius 1 is 1.11 bits per heavy atom. The van der Waals surface area contributed by atoms with Crippen LogP contribution >= 0.6 is 0 Å². The van der Waals surface area contributed by atoms with E-state index in [4.69, 9.17) is 4.74 Å². The lowest BCUT2D eigenvalue weighted by Crippen LogP contribution is -2.29. The predicted octanol–water partition coefficient (Wildman–Crippen LogP) is 2.25. The molecule has 0 saturated carbocycles. The lowest BCUT2D eigenvalue weighted by molar-refractivity contribution is -0.119. The topological polar surface area (TPSA) is 43.3 Å². The molecule has 1 N–H and O–H groups in total. The summed E-state index contributed by atoms with van der Waals surface area (Å²) in [5, 5.41) is 0. The van der Waals surface area contributed by atoms with Gasteiger partial charge in [-0.2, -0.15) is 0 Å². The summed E-state index contributed by atoms with van der Waals surface area (Å²) in [5.74, 6) is 0.509. The van der Waals surface area contributed by atoms with Crippen LogP contribution in [0, 0.1) is 13.8 Å². The SMILES string of the molecule is Cc1ccc(C)n1NC(=O)COc1ccccc1. The van der Waals surface area contributed by atoms with Gasteiger partial charge in [-0.15, -0.1) is 0 Å². The van der Waals surface area contributed by atoms with Crippen LogP contribution in [-0.4, -0.2) is 17.2 Å². The molecule has 0 aliphatic carbocycles. The molecule has 0 spiro atoms. The predicted molar refractivity (Wildman–Crippen MR) is 70.2 cm³/mol. The third-order valence-electron chi connectivity index (χ3n) is 2.62. The van der Waals surface area contributed by atoms with E-state index in [0.717, 1.165) is 11.4 Å². The molecule has 4 nitrogen and oxygen atoms in total. The number of rotatable bonds is 4. The summed E-state index contributed by atoms with van der Waals surface area (Å²) in [6.45, 7) is 3.87. The van der Waals surface area contributed by atoms with Crippen molar-refractivity contribution in [1.82, 2.24) is 4.68 Å². The summed E-state index contributed by atoms with van der Waals surface area (Å²) in [7, 11) is 0. The molecule has 1 heterocycles. The zero-order valence-corrected chi connectivity index (χ0v) is 10.5. The highest BCUT2D eigenvalue weighted by molar-refractivity contribution is 5.85. The number of hydrogen-bond donors (Lipinski definition) is 1. The highest BCUT2D eigenvalue weighted by atomic mass is 16.5. The molecule has 0 saturated heterocycles. The Balaban J connectivity index is 1.90. The van der Waals surface area contributed by atoms with E-state index in [1.165, 1.54) is 0 Å². The highest BCUT2D eigenvalue weighted by Crippen LogP contribution is 2.08. The summed E-state index contributed by atoms with van der Waals surface area (Å²) >= 11 is 0. The number of nitrogens with zero attached hydrogens (tertiary/aromatic N) is 1. The van der Waals surface area contributed by atoms with Gasteiger partial charge in [0.05, 0.1) is 0 Å². The van der Waals surface area contributed by atoms with Gasteiger partial charge in [0.15, 0.2) is 6.61 Å². The molecule has 0 aliphatic rings. The molecule has 0 atom stereocenters. The number of hydrogen-bond acceptors (Lipinski definition) is 2.